The monoisotopic (exact) mass is 198 g/mol. The third kappa shape index (κ3) is 3.69. The Morgan fingerprint density at radius 1 is 1.46 bits per heavy atom. The van der Waals surface area contributed by atoms with Crippen LogP contribution in [0.3, 0.4) is 0 Å². The van der Waals surface area contributed by atoms with Gasteiger partial charge in [0, 0.05) is 0 Å². The summed E-state index contributed by atoms with van der Waals surface area (Å²) in [5.74, 6) is -0.249. The van der Waals surface area contributed by atoms with Gasteiger partial charge in [0.2, 0.25) is 5.80 Å². The van der Waals surface area contributed by atoms with Crippen molar-refractivity contribution in [1.82, 2.24) is 0 Å². The maximum absolute atomic E-state index is 10.9. The first-order chi connectivity index (χ1) is 6.18. The molecule has 4 nitrogen and oxygen atoms in total. The molecular formula is C8H7O4P. The zero-order valence-corrected chi connectivity index (χ0v) is 7.48. The summed E-state index contributed by atoms with van der Waals surface area (Å²) in [4.78, 5) is 21.0. The molecule has 1 unspecified atom stereocenters. The number of carbonyl (C=O) groups is 1. The summed E-state index contributed by atoms with van der Waals surface area (Å²) in [6.45, 7) is 0. The van der Waals surface area contributed by atoms with Crippen molar-refractivity contribution >= 4 is 19.8 Å². The minimum absolute atomic E-state index is 0.390. The number of hydrogen-bond acceptors (Lipinski definition) is 3. The van der Waals surface area contributed by atoms with Crippen LogP contribution >= 0.6 is 8.00 Å². The summed E-state index contributed by atoms with van der Waals surface area (Å²) in [7, 11) is -2.27. The Morgan fingerprint density at radius 2 is 2.08 bits per heavy atom. The van der Waals surface area contributed by atoms with Gasteiger partial charge >= 0.3 is 5.97 Å². The zero-order valence-electron chi connectivity index (χ0n) is 6.58. The Balaban J connectivity index is 2.65. The van der Waals surface area contributed by atoms with Crippen LogP contribution in [0.25, 0.3) is 0 Å². The summed E-state index contributed by atoms with van der Waals surface area (Å²) in [5, 5.41) is 8.24. The molecule has 0 aliphatic rings. The molecule has 0 aliphatic heterocycles. The van der Waals surface area contributed by atoms with Gasteiger partial charge in [-0.25, -0.2) is 4.79 Å². The van der Waals surface area contributed by atoms with Crippen LogP contribution in [-0.2, 0) is 4.79 Å². The highest BCUT2D eigenvalue weighted by Gasteiger charge is 2.03. The van der Waals surface area contributed by atoms with Gasteiger partial charge < -0.3 is 10.00 Å². The molecule has 0 saturated heterocycles. The number of para-hydroxylation sites is 1. The summed E-state index contributed by atoms with van der Waals surface area (Å²) < 4.78 is 4.80. The molecule has 68 valence electrons. The van der Waals surface area contributed by atoms with Crippen molar-refractivity contribution in [2.45, 2.75) is 0 Å². The third-order valence-electron chi connectivity index (χ3n) is 1.15. The first-order valence-corrected chi connectivity index (χ1v) is 4.70. The SMILES string of the molecule is O=C(O)C=[P+]([O-])Oc1ccccc1. The van der Waals surface area contributed by atoms with E-state index in [9.17, 15) is 9.69 Å². The zero-order chi connectivity index (χ0) is 9.68. The molecule has 0 fully saturated rings. The molecule has 1 atom stereocenters. The Labute approximate surface area is 76.0 Å². The van der Waals surface area contributed by atoms with Crippen LogP contribution in [-0.4, -0.2) is 16.9 Å². The molecule has 0 aromatic heterocycles. The van der Waals surface area contributed by atoms with E-state index in [1.54, 1.807) is 30.3 Å². The number of carboxylic acid groups (broad SMARTS) is 1. The van der Waals surface area contributed by atoms with Crippen LogP contribution in [0, 0.1) is 0 Å². The Hall–Kier alpha value is -1.38. The smallest absolute Gasteiger partial charge is 0.374 e. The predicted octanol–water partition coefficient (Wildman–Crippen LogP) is 0.624. The maximum atomic E-state index is 10.9. The van der Waals surface area contributed by atoms with Gasteiger partial charge in [0.1, 0.15) is 0 Å². The van der Waals surface area contributed by atoms with E-state index in [1.807, 2.05) is 0 Å². The van der Waals surface area contributed by atoms with Gasteiger partial charge in [-0.1, -0.05) is 18.2 Å². The molecule has 1 aromatic carbocycles. The van der Waals surface area contributed by atoms with Gasteiger partial charge in [-0.3, -0.25) is 4.52 Å². The number of carboxylic acids is 1. The average Bonchev–Trinajstić information content (AvgIpc) is 2.04. The first-order valence-electron chi connectivity index (χ1n) is 3.45. The molecule has 0 saturated carbocycles. The second-order valence-corrected chi connectivity index (χ2v) is 3.17. The minimum atomic E-state index is -2.27. The van der Waals surface area contributed by atoms with Gasteiger partial charge in [-0.2, -0.15) is 0 Å². The molecule has 0 amide bonds. The molecule has 0 heterocycles. The minimum Gasteiger partial charge on any atom is -0.595 e. The van der Waals surface area contributed by atoms with Crippen molar-refractivity contribution in [2.75, 3.05) is 0 Å². The van der Waals surface area contributed by atoms with Crippen LogP contribution in [0.15, 0.2) is 30.3 Å². The molecule has 1 N–H and O–H groups in total. The first kappa shape index (κ1) is 9.71. The fourth-order valence-electron chi connectivity index (χ4n) is 0.702. The summed E-state index contributed by atoms with van der Waals surface area (Å²) in [6.07, 6.45) is 0. The molecule has 0 spiro atoms. The standard InChI is InChI=1S/C8H7O4P/c9-8(10)6-13(11)12-7-4-2-1-3-5-7/h1-6H,(H,9,10). The summed E-state index contributed by atoms with van der Waals surface area (Å²) >= 11 is 0. The summed E-state index contributed by atoms with van der Waals surface area (Å²) in [6, 6.07) is 8.39. The van der Waals surface area contributed by atoms with E-state index >= 15 is 0 Å². The second kappa shape index (κ2) is 4.60. The fraction of sp³-hybridized carbons (Fsp3) is 0. The van der Waals surface area contributed by atoms with Crippen molar-refractivity contribution < 1.29 is 19.3 Å². The highest BCUT2D eigenvalue weighted by Crippen LogP contribution is 2.19. The Morgan fingerprint density at radius 3 is 2.62 bits per heavy atom. The lowest BCUT2D eigenvalue weighted by molar-refractivity contribution is -0.165. The van der Waals surface area contributed by atoms with E-state index in [0.717, 1.165) is 0 Å². The lowest BCUT2D eigenvalue weighted by atomic mass is 10.3. The molecule has 1 aromatic rings. The second-order valence-electron chi connectivity index (χ2n) is 2.16. The van der Waals surface area contributed by atoms with Crippen LogP contribution in [0.5, 0.6) is 5.75 Å². The number of rotatable bonds is 3. The van der Waals surface area contributed by atoms with Gasteiger partial charge in [0.15, 0.2) is 5.75 Å². The normalized spacial score (nSPS) is 11.0. The fourth-order valence-corrected chi connectivity index (χ4v) is 1.26. The van der Waals surface area contributed by atoms with Gasteiger partial charge in [0.05, 0.1) is 0 Å². The topological polar surface area (TPSA) is 69.6 Å². The maximum Gasteiger partial charge on any atom is 0.374 e. The highest BCUT2D eigenvalue weighted by molar-refractivity contribution is 7.47. The van der Waals surface area contributed by atoms with Crippen molar-refractivity contribution in [2.24, 2.45) is 0 Å². The molecular weight excluding hydrogens is 191 g/mol. The third-order valence-corrected chi connectivity index (χ3v) is 1.98. The summed E-state index contributed by atoms with van der Waals surface area (Å²) in [5.41, 5.74) is 0. The molecule has 5 heteroatoms. The molecule has 1 rings (SSSR count). The van der Waals surface area contributed by atoms with Gasteiger partial charge in [0.25, 0.3) is 8.00 Å². The van der Waals surface area contributed by atoms with Crippen molar-refractivity contribution in [1.29, 1.82) is 0 Å². The highest BCUT2D eigenvalue weighted by atomic mass is 31.1. The molecule has 0 aliphatic carbocycles. The van der Waals surface area contributed by atoms with Crippen LogP contribution in [0.2, 0.25) is 0 Å². The van der Waals surface area contributed by atoms with E-state index in [-0.39, 0.29) is 0 Å². The molecule has 0 radical (unpaired) electrons. The Bertz CT molecular complexity index is 320. The number of hydrogen-bond donors (Lipinski definition) is 1. The molecule has 13 heavy (non-hydrogen) atoms. The number of aliphatic carboxylic acids is 1. The van der Waals surface area contributed by atoms with Crippen molar-refractivity contribution in [3.8, 4) is 5.75 Å². The number of benzene rings is 1. The van der Waals surface area contributed by atoms with Crippen LogP contribution in [0.1, 0.15) is 0 Å². The molecule has 0 bridgehead atoms. The lowest BCUT2D eigenvalue weighted by Gasteiger charge is -1.97. The van der Waals surface area contributed by atoms with Crippen LogP contribution in [0.4, 0.5) is 0 Å². The predicted molar refractivity (Wildman–Crippen MR) is 47.7 cm³/mol. The average molecular weight is 198 g/mol. The van der Waals surface area contributed by atoms with Gasteiger partial charge in [-0.15, -0.1) is 0 Å². The Kier molecular flexibility index (Phi) is 3.43. The van der Waals surface area contributed by atoms with Crippen molar-refractivity contribution in [3.05, 3.63) is 30.3 Å². The van der Waals surface area contributed by atoms with E-state index in [4.69, 9.17) is 9.63 Å². The van der Waals surface area contributed by atoms with Crippen molar-refractivity contribution in [3.63, 3.8) is 0 Å². The van der Waals surface area contributed by atoms with E-state index < -0.39 is 14.0 Å². The van der Waals surface area contributed by atoms with Crippen LogP contribution < -0.4 is 9.42 Å². The van der Waals surface area contributed by atoms with Gasteiger partial charge in [-0.05, 0) is 12.1 Å². The van der Waals surface area contributed by atoms with E-state index in [0.29, 0.717) is 11.5 Å². The quantitative estimate of drug-likeness (QED) is 0.723. The van der Waals surface area contributed by atoms with E-state index in [1.165, 1.54) is 0 Å². The lowest BCUT2D eigenvalue weighted by Crippen LogP contribution is -2.03. The van der Waals surface area contributed by atoms with E-state index in [2.05, 4.69) is 0 Å². The largest absolute Gasteiger partial charge is 0.595 e.